The second kappa shape index (κ2) is 11.4. The van der Waals surface area contributed by atoms with Crippen molar-refractivity contribution in [3.63, 3.8) is 0 Å². The molecule has 0 aromatic heterocycles. The van der Waals surface area contributed by atoms with Crippen LogP contribution in [-0.2, 0) is 29.4 Å². The number of ketones is 1. The highest BCUT2D eigenvalue weighted by Crippen LogP contribution is 2.57. The van der Waals surface area contributed by atoms with E-state index in [1.165, 1.54) is 18.1 Å². The van der Waals surface area contributed by atoms with E-state index in [4.69, 9.17) is 9.57 Å². The molecule has 2 unspecified atom stereocenters. The summed E-state index contributed by atoms with van der Waals surface area (Å²) in [5.74, 6) is -0.979. The number of hydrogen-bond acceptors (Lipinski definition) is 6. The Morgan fingerprint density at radius 3 is 2.38 bits per heavy atom. The van der Waals surface area contributed by atoms with Crippen molar-refractivity contribution in [2.75, 3.05) is 6.61 Å². The number of ether oxygens (including phenoxy) is 1. The van der Waals surface area contributed by atoms with E-state index in [-0.39, 0.29) is 48.2 Å². The molecule has 0 aliphatic heterocycles. The summed E-state index contributed by atoms with van der Waals surface area (Å²) in [6, 6.07) is 8.64. The molecule has 3 rings (SSSR count). The highest BCUT2D eigenvalue weighted by molar-refractivity contribution is 6.46. The Morgan fingerprint density at radius 1 is 1.03 bits per heavy atom. The van der Waals surface area contributed by atoms with Gasteiger partial charge in [0.15, 0.2) is 0 Å². The zero-order valence-electron chi connectivity index (χ0n) is 20.6. The quantitative estimate of drug-likeness (QED) is 0.185. The van der Waals surface area contributed by atoms with E-state index < -0.39 is 11.9 Å². The number of allylic oxidation sites excluding steroid dienone is 4. The van der Waals surface area contributed by atoms with Gasteiger partial charge in [-0.2, -0.15) is 0 Å². The minimum atomic E-state index is -0.620. The van der Waals surface area contributed by atoms with Gasteiger partial charge in [0, 0.05) is 30.3 Å². The first-order chi connectivity index (χ1) is 16.4. The molecule has 0 amide bonds. The fourth-order valence-corrected chi connectivity index (χ4v) is 5.61. The molecule has 0 radical (unpaired) electrons. The molecule has 2 aliphatic rings. The third kappa shape index (κ3) is 5.21. The molecule has 1 aromatic rings. The molecular weight excluding hydrogens is 430 g/mol. The fraction of sp³-hybridized carbons (Fsp3) is 0.500. The molecular formula is C28H35NO5. The van der Waals surface area contributed by atoms with Gasteiger partial charge in [0.05, 0.1) is 13.0 Å². The van der Waals surface area contributed by atoms with Gasteiger partial charge < -0.3 is 9.57 Å². The highest BCUT2D eigenvalue weighted by Gasteiger charge is 2.50. The van der Waals surface area contributed by atoms with Crippen LogP contribution in [0.15, 0.2) is 53.2 Å². The number of oxime groups is 1. The van der Waals surface area contributed by atoms with Crippen LogP contribution >= 0.6 is 0 Å². The maximum Gasteiger partial charge on any atom is 0.331 e. The maximum atomic E-state index is 13.5. The predicted octanol–water partition coefficient (Wildman–Crippen LogP) is 5.57. The number of Topliss-reactive ketones (excluding diaryl/α,β-unsaturated/α-hetero) is 1. The number of hydrogen-bond donors (Lipinski definition) is 0. The predicted molar refractivity (Wildman–Crippen MR) is 131 cm³/mol. The standard InChI is InChI=1S/C28H35NO5/c1-5-16-28(17-6-2)23-11-9-8-10-21(23)22-13-12-20(18-24(22)28)27(32)25(29-34-19(4)30)14-15-26(31)33-7-3/h8-13,18,22,24H,5-7,14-17H2,1-4H3/b29-25+. The number of nitrogens with zero attached hydrogens (tertiary/aromatic N) is 1. The summed E-state index contributed by atoms with van der Waals surface area (Å²) >= 11 is 0. The Balaban J connectivity index is 1.96. The Labute approximate surface area is 202 Å². The van der Waals surface area contributed by atoms with Crippen molar-refractivity contribution in [1.29, 1.82) is 0 Å². The van der Waals surface area contributed by atoms with Gasteiger partial charge in [0.1, 0.15) is 5.71 Å². The first-order valence-corrected chi connectivity index (χ1v) is 12.3. The summed E-state index contributed by atoms with van der Waals surface area (Å²) in [6.07, 6.45) is 10.3. The van der Waals surface area contributed by atoms with Crippen LogP contribution in [0.25, 0.3) is 0 Å². The molecule has 0 fully saturated rings. The van der Waals surface area contributed by atoms with E-state index in [0.29, 0.717) is 5.57 Å². The first-order valence-electron chi connectivity index (χ1n) is 12.3. The summed E-state index contributed by atoms with van der Waals surface area (Å²) in [5.41, 5.74) is 3.27. The van der Waals surface area contributed by atoms with Gasteiger partial charge in [0.2, 0.25) is 5.78 Å². The molecule has 1 aromatic carbocycles. The van der Waals surface area contributed by atoms with Crippen LogP contribution in [-0.4, -0.2) is 30.0 Å². The van der Waals surface area contributed by atoms with Crippen molar-refractivity contribution in [2.45, 2.75) is 77.6 Å². The van der Waals surface area contributed by atoms with E-state index >= 15 is 0 Å². The van der Waals surface area contributed by atoms with Crippen LogP contribution in [0, 0.1) is 5.92 Å². The number of carbonyl (C=O) groups excluding carboxylic acids is 3. The van der Waals surface area contributed by atoms with Crippen molar-refractivity contribution < 1.29 is 24.0 Å². The van der Waals surface area contributed by atoms with Crippen molar-refractivity contribution in [3.8, 4) is 0 Å². The van der Waals surface area contributed by atoms with E-state index in [9.17, 15) is 14.4 Å². The largest absolute Gasteiger partial charge is 0.466 e. The fourth-order valence-electron chi connectivity index (χ4n) is 5.61. The summed E-state index contributed by atoms with van der Waals surface area (Å²) in [7, 11) is 0. The van der Waals surface area contributed by atoms with Crippen molar-refractivity contribution in [2.24, 2.45) is 11.1 Å². The third-order valence-corrected chi connectivity index (χ3v) is 6.80. The number of esters is 1. The zero-order chi connectivity index (χ0) is 24.7. The molecule has 0 spiro atoms. The molecule has 2 atom stereocenters. The van der Waals surface area contributed by atoms with Gasteiger partial charge in [0.25, 0.3) is 0 Å². The van der Waals surface area contributed by atoms with Gasteiger partial charge in [-0.3, -0.25) is 9.59 Å². The van der Waals surface area contributed by atoms with Crippen molar-refractivity contribution in [3.05, 3.63) is 59.2 Å². The summed E-state index contributed by atoms with van der Waals surface area (Å²) in [4.78, 5) is 41.5. The average molecular weight is 466 g/mol. The molecule has 0 saturated heterocycles. The molecule has 6 nitrogen and oxygen atoms in total. The lowest BCUT2D eigenvalue weighted by Crippen LogP contribution is -2.33. The monoisotopic (exact) mass is 465 g/mol. The minimum Gasteiger partial charge on any atom is -0.466 e. The van der Waals surface area contributed by atoms with Gasteiger partial charge in [-0.15, -0.1) is 0 Å². The van der Waals surface area contributed by atoms with Gasteiger partial charge in [-0.25, -0.2) is 4.79 Å². The molecule has 182 valence electrons. The molecule has 0 bridgehead atoms. The Morgan fingerprint density at radius 2 is 1.74 bits per heavy atom. The normalized spacial score (nSPS) is 20.2. The van der Waals surface area contributed by atoms with E-state index in [1.807, 2.05) is 6.08 Å². The van der Waals surface area contributed by atoms with Crippen LogP contribution in [0.3, 0.4) is 0 Å². The van der Waals surface area contributed by atoms with Crippen LogP contribution < -0.4 is 0 Å². The summed E-state index contributed by atoms with van der Waals surface area (Å²) in [6.45, 7) is 7.63. The molecule has 2 aliphatic carbocycles. The Bertz CT molecular complexity index is 1010. The number of carbonyl (C=O) groups is 3. The van der Waals surface area contributed by atoms with Gasteiger partial charge >= 0.3 is 11.9 Å². The van der Waals surface area contributed by atoms with E-state index in [1.54, 1.807) is 6.92 Å². The number of benzene rings is 1. The lowest BCUT2D eigenvalue weighted by atomic mass is 9.65. The summed E-state index contributed by atoms with van der Waals surface area (Å²) < 4.78 is 4.98. The Kier molecular flexibility index (Phi) is 8.59. The Hall–Kier alpha value is -3.02. The minimum absolute atomic E-state index is 0.0101. The van der Waals surface area contributed by atoms with Crippen LogP contribution in [0.5, 0.6) is 0 Å². The van der Waals surface area contributed by atoms with Gasteiger partial charge in [-0.05, 0) is 36.8 Å². The molecule has 0 N–H and O–H groups in total. The third-order valence-electron chi connectivity index (χ3n) is 6.80. The number of rotatable bonds is 11. The maximum absolute atomic E-state index is 13.5. The van der Waals surface area contributed by atoms with E-state index in [2.05, 4.69) is 55.4 Å². The lowest BCUT2D eigenvalue weighted by Gasteiger charge is -2.38. The van der Waals surface area contributed by atoms with Crippen LogP contribution in [0.4, 0.5) is 0 Å². The SMILES string of the molecule is CCCC1(CCC)c2ccccc2C2C=CC(C(=O)/C(CCC(=O)OCC)=N/OC(C)=O)=CC21. The molecule has 34 heavy (non-hydrogen) atoms. The highest BCUT2D eigenvalue weighted by atomic mass is 16.7. The summed E-state index contributed by atoms with van der Waals surface area (Å²) in [5, 5.41) is 3.80. The van der Waals surface area contributed by atoms with Crippen LogP contribution in [0.2, 0.25) is 0 Å². The second-order valence-corrected chi connectivity index (χ2v) is 9.03. The lowest BCUT2D eigenvalue weighted by molar-refractivity contribution is -0.143. The average Bonchev–Trinajstić information content (AvgIpc) is 3.09. The topological polar surface area (TPSA) is 82.0 Å². The van der Waals surface area contributed by atoms with Crippen LogP contribution in [0.1, 0.15) is 83.3 Å². The van der Waals surface area contributed by atoms with Crippen molar-refractivity contribution in [1.82, 2.24) is 0 Å². The van der Waals surface area contributed by atoms with Crippen molar-refractivity contribution >= 4 is 23.4 Å². The van der Waals surface area contributed by atoms with E-state index in [0.717, 1.165) is 25.7 Å². The zero-order valence-corrected chi connectivity index (χ0v) is 20.6. The first kappa shape index (κ1) is 25.6. The molecule has 0 heterocycles. The molecule has 0 saturated carbocycles. The molecule has 6 heteroatoms. The smallest absolute Gasteiger partial charge is 0.331 e. The van der Waals surface area contributed by atoms with Gasteiger partial charge in [-0.1, -0.05) is 74.3 Å². The second-order valence-electron chi connectivity index (χ2n) is 9.03. The number of fused-ring (bicyclic) bond motifs is 3.